The summed E-state index contributed by atoms with van der Waals surface area (Å²) in [5.74, 6) is 0.0958. The van der Waals surface area contributed by atoms with E-state index in [4.69, 9.17) is 5.11 Å². The Morgan fingerprint density at radius 3 is 2.76 bits per heavy atom. The molecule has 2 aliphatic rings. The molecule has 6 heteroatoms. The Balaban J connectivity index is 1.66. The molecule has 0 bridgehead atoms. The highest BCUT2D eigenvalue weighted by Crippen LogP contribution is 2.26. The van der Waals surface area contributed by atoms with Crippen molar-refractivity contribution in [3.63, 3.8) is 0 Å². The number of hydrogen-bond acceptors (Lipinski definition) is 4. The number of carbonyl (C=O) groups is 1. The van der Waals surface area contributed by atoms with E-state index < -0.39 is 6.10 Å². The number of H-pyrrole nitrogens is 1. The van der Waals surface area contributed by atoms with Gasteiger partial charge in [-0.3, -0.25) is 9.89 Å². The van der Waals surface area contributed by atoms with E-state index in [1.54, 1.807) is 0 Å². The van der Waals surface area contributed by atoms with Crippen LogP contribution in [0.4, 0.5) is 0 Å². The number of aromatic nitrogens is 2. The normalized spacial score (nSPS) is 21.1. The number of aliphatic hydroxyl groups excluding tert-OH is 2. The van der Waals surface area contributed by atoms with Crippen molar-refractivity contribution >= 4 is 5.91 Å². The fourth-order valence-corrected chi connectivity index (χ4v) is 3.44. The molecule has 0 spiro atoms. The second-order valence-electron chi connectivity index (χ2n) is 6.12. The van der Waals surface area contributed by atoms with Crippen LogP contribution in [-0.2, 0) is 12.8 Å². The van der Waals surface area contributed by atoms with Gasteiger partial charge in [0.15, 0.2) is 5.69 Å². The molecule has 1 unspecified atom stereocenters. The molecule has 1 aliphatic carbocycles. The van der Waals surface area contributed by atoms with Gasteiger partial charge in [0.05, 0.1) is 12.7 Å². The molecule has 1 fully saturated rings. The molecule has 1 amide bonds. The van der Waals surface area contributed by atoms with Crippen molar-refractivity contribution in [3.05, 3.63) is 17.0 Å². The lowest BCUT2D eigenvalue weighted by molar-refractivity contribution is 0.0177. The first-order chi connectivity index (χ1) is 10.2. The van der Waals surface area contributed by atoms with Crippen LogP contribution in [0.25, 0.3) is 0 Å². The zero-order valence-corrected chi connectivity index (χ0v) is 12.2. The van der Waals surface area contributed by atoms with Crippen LogP contribution in [0.1, 0.15) is 47.4 Å². The third kappa shape index (κ3) is 2.82. The molecule has 1 aliphatic heterocycles. The summed E-state index contributed by atoms with van der Waals surface area (Å²) in [6.07, 6.45) is 5.01. The van der Waals surface area contributed by atoms with Crippen LogP contribution in [0, 0.1) is 5.92 Å². The molecule has 21 heavy (non-hydrogen) atoms. The number of rotatable bonds is 3. The minimum Gasteiger partial charge on any atom is -0.394 e. The first-order valence-electron chi connectivity index (χ1n) is 7.85. The van der Waals surface area contributed by atoms with Gasteiger partial charge in [0.1, 0.15) is 0 Å². The Morgan fingerprint density at radius 2 is 2.05 bits per heavy atom. The third-order valence-electron chi connectivity index (χ3n) is 4.82. The minimum atomic E-state index is -0.666. The predicted octanol–water partition coefficient (Wildman–Crippen LogP) is 0.494. The van der Waals surface area contributed by atoms with E-state index in [0.29, 0.717) is 18.8 Å². The molecule has 2 heterocycles. The molecule has 1 saturated heterocycles. The Morgan fingerprint density at radius 1 is 1.33 bits per heavy atom. The second kappa shape index (κ2) is 6.15. The van der Waals surface area contributed by atoms with E-state index in [2.05, 4.69) is 10.2 Å². The van der Waals surface area contributed by atoms with Crippen molar-refractivity contribution in [3.8, 4) is 0 Å². The van der Waals surface area contributed by atoms with Gasteiger partial charge in [-0.1, -0.05) is 0 Å². The summed E-state index contributed by atoms with van der Waals surface area (Å²) in [5, 5.41) is 25.9. The van der Waals surface area contributed by atoms with Gasteiger partial charge >= 0.3 is 0 Å². The number of aryl methyl sites for hydroxylation is 1. The predicted molar refractivity (Wildman–Crippen MR) is 76.9 cm³/mol. The number of aromatic amines is 1. The van der Waals surface area contributed by atoms with E-state index in [9.17, 15) is 9.90 Å². The fraction of sp³-hybridized carbons (Fsp3) is 0.733. The Bertz CT molecular complexity index is 506. The number of fused-ring (bicyclic) bond motifs is 1. The molecule has 1 aromatic rings. The summed E-state index contributed by atoms with van der Waals surface area (Å²) < 4.78 is 0. The van der Waals surface area contributed by atoms with E-state index >= 15 is 0 Å². The largest absolute Gasteiger partial charge is 0.394 e. The lowest BCUT2D eigenvalue weighted by atomic mass is 9.91. The molecule has 3 rings (SSSR count). The topological polar surface area (TPSA) is 89.5 Å². The molecule has 1 atom stereocenters. The molecular formula is C15H23N3O3. The highest BCUT2D eigenvalue weighted by atomic mass is 16.3. The average molecular weight is 293 g/mol. The molecule has 0 aromatic carbocycles. The molecule has 0 saturated carbocycles. The second-order valence-corrected chi connectivity index (χ2v) is 6.12. The van der Waals surface area contributed by atoms with Gasteiger partial charge in [0, 0.05) is 24.3 Å². The van der Waals surface area contributed by atoms with Crippen molar-refractivity contribution in [1.82, 2.24) is 15.1 Å². The quantitative estimate of drug-likeness (QED) is 0.757. The zero-order valence-electron chi connectivity index (χ0n) is 12.2. The fourth-order valence-electron chi connectivity index (χ4n) is 3.44. The van der Waals surface area contributed by atoms with Crippen LogP contribution < -0.4 is 0 Å². The number of carbonyl (C=O) groups excluding carboxylic acids is 1. The number of amides is 1. The van der Waals surface area contributed by atoms with Gasteiger partial charge in [0.25, 0.3) is 5.91 Å². The number of aliphatic hydroxyl groups is 2. The van der Waals surface area contributed by atoms with Crippen molar-refractivity contribution in [2.75, 3.05) is 19.7 Å². The summed E-state index contributed by atoms with van der Waals surface area (Å²) >= 11 is 0. The maximum Gasteiger partial charge on any atom is 0.274 e. The van der Waals surface area contributed by atoms with E-state index in [0.717, 1.165) is 49.8 Å². The van der Waals surface area contributed by atoms with Crippen LogP contribution in [-0.4, -0.2) is 57.0 Å². The summed E-state index contributed by atoms with van der Waals surface area (Å²) in [5.41, 5.74) is 2.81. The summed E-state index contributed by atoms with van der Waals surface area (Å²) in [7, 11) is 0. The maximum absolute atomic E-state index is 12.6. The van der Waals surface area contributed by atoms with Gasteiger partial charge in [-0.25, -0.2) is 0 Å². The number of nitrogens with zero attached hydrogens (tertiary/aromatic N) is 2. The van der Waals surface area contributed by atoms with Crippen LogP contribution in [0.15, 0.2) is 0 Å². The first kappa shape index (κ1) is 14.5. The number of nitrogens with one attached hydrogen (secondary N) is 1. The third-order valence-corrected chi connectivity index (χ3v) is 4.82. The van der Waals surface area contributed by atoms with Crippen LogP contribution >= 0.6 is 0 Å². The molecule has 3 N–H and O–H groups in total. The molecular weight excluding hydrogens is 270 g/mol. The Kier molecular flexibility index (Phi) is 4.26. The summed E-state index contributed by atoms with van der Waals surface area (Å²) in [4.78, 5) is 14.4. The first-order valence-corrected chi connectivity index (χ1v) is 7.85. The van der Waals surface area contributed by atoms with Crippen molar-refractivity contribution in [1.29, 1.82) is 0 Å². The van der Waals surface area contributed by atoms with Crippen molar-refractivity contribution in [2.45, 2.75) is 44.6 Å². The number of piperidine rings is 1. The van der Waals surface area contributed by atoms with Gasteiger partial charge < -0.3 is 15.1 Å². The van der Waals surface area contributed by atoms with Crippen LogP contribution in [0.2, 0.25) is 0 Å². The average Bonchev–Trinajstić information content (AvgIpc) is 2.97. The van der Waals surface area contributed by atoms with E-state index in [1.807, 2.05) is 4.90 Å². The summed E-state index contributed by atoms with van der Waals surface area (Å²) in [6.45, 7) is 1.05. The SMILES string of the molecule is O=C(c1n[nH]c2c1CCCC2)N1CCC(C(O)CO)CC1. The van der Waals surface area contributed by atoms with E-state index in [1.165, 1.54) is 0 Å². The zero-order chi connectivity index (χ0) is 14.8. The molecule has 6 nitrogen and oxygen atoms in total. The summed E-state index contributed by atoms with van der Waals surface area (Å²) in [6, 6.07) is 0. The highest BCUT2D eigenvalue weighted by molar-refractivity contribution is 5.94. The Hall–Kier alpha value is -1.40. The van der Waals surface area contributed by atoms with Crippen LogP contribution in [0.3, 0.4) is 0 Å². The lowest BCUT2D eigenvalue weighted by Gasteiger charge is -2.33. The van der Waals surface area contributed by atoms with E-state index in [-0.39, 0.29) is 18.4 Å². The maximum atomic E-state index is 12.6. The van der Waals surface area contributed by atoms with Gasteiger partial charge in [-0.15, -0.1) is 0 Å². The smallest absolute Gasteiger partial charge is 0.274 e. The Labute approximate surface area is 124 Å². The monoisotopic (exact) mass is 293 g/mol. The van der Waals surface area contributed by atoms with Gasteiger partial charge in [-0.05, 0) is 44.4 Å². The molecule has 116 valence electrons. The standard InChI is InChI=1S/C15H23N3O3/c19-9-13(20)10-5-7-18(8-6-10)15(21)14-11-3-1-2-4-12(11)16-17-14/h10,13,19-20H,1-9H2,(H,16,17). The van der Waals surface area contributed by atoms with Crippen molar-refractivity contribution < 1.29 is 15.0 Å². The van der Waals surface area contributed by atoms with Gasteiger partial charge in [-0.2, -0.15) is 5.10 Å². The van der Waals surface area contributed by atoms with Crippen molar-refractivity contribution in [2.24, 2.45) is 5.92 Å². The highest BCUT2D eigenvalue weighted by Gasteiger charge is 2.30. The van der Waals surface area contributed by atoms with Crippen LogP contribution in [0.5, 0.6) is 0 Å². The number of hydrogen-bond donors (Lipinski definition) is 3. The van der Waals surface area contributed by atoms with Gasteiger partial charge in [0.2, 0.25) is 0 Å². The minimum absolute atomic E-state index is 0.00587. The lowest BCUT2D eigenvalue weighted by Crippen LogP contribution is -2.42. The molecule has 1 aromatic heterocycles. The number of likely N-dealkylation sites (tertiary alicyclic amines) is 1. The molecule has 0 radical (unpaired) electrons.